The van der Waals surface area contributed by atoms with Crippen LogP contribution in [0.1, 0.15) is 16.7 Å². The molecule has 0 unspecified atom stereocenters. The molecule has 0 aliphatic carbocycles. The van der Waals surface area contributed by atoms with Gasteiger partial charge in [0.25, 0.3) is 11.1 Å². The molecule has 0 saturated carbocycles. The molecule has 1 aromatic carbocycles. The van der Waals surface area contributed by atoms with Crippen LogP contribution in [0, 0.1) is 13.8 Å². The smallest absolute Gasteiger partial charge is 0.268 e. The minimum Gasteiger partial charge on any atom is -0.496 e. The highest BCUT2D eigenvalue weighted by Crippen LogP contribution is 2.23. The van der Waals surface area contributed by atoms with E-state index in [-0.39, 0.29) is 17.7 Å². The van der Waals surface area contributed by atoms with Gasteiger partial charge in [-0.1, -0.05) is 15.9 Å². The first-order chi connectivity index (χ1) is 9.43. The van der Waals surface area contributed by atoms with Gasteiger partial charge >= 0.3 is 0 Å². The van der Waals surface area contributed by atoms with E-state index in [2.05, 4.69) is 21.0 Å². The Morgan fingerprint density at radius 2 is 1.95 bits per heavy atom. The number of hydrogen-bond acceptors (Lipinski definition) is 3. The Kier molecular flexibility index (Phi) is 4.13. The lowest BCUT2D eigenvalue weighted by Crippen LogP contribution is -2.33. The molecule has 6 heteroatoms. The van der Waals surface area contributed by atoms with Crippen LogP contribution in [0.5, 0.6) is 5.75 Å². The average molecular weight is 339 g/mol. The Hall–Kier alpha value is -1.82. The number of halogens is 1. The van der Waals surface area contributed by atoms with E-state index < -0.39 is 0 Å². The Morgan fingerprint density at radius 3 is 2.60 bits per heavy atom. The van der Waals surface area contributed by atoms with Crippen molar-refractivity contribution in [3.8, 4) is 5.75 Å². The van der Waals surface area contributed by atoms with Gasteiger partial charge in [-0.25, -0.2) is 4.68 Å². The van der Waals surface area contributed by atoms with Crippen molar-refractivity contribution < 1.29 is 4.74 Å². The molecule has 20 heavy (non-hydrogen) atoms. The first-order valence-electron chi connectivity index (χ1n) is 6.06. The summed E-state index contributed by atoms with van der Waals surface area (Å²) in [6.45, 7) is 3.54. The first kappa shape index (κ1) is 14.6. The molecule has 0 bridgehead atoms. The third-order valence-electron chi connectivity index (χ3n) is 3.28. The fraction of sp³-hybridized carbons (Fsp3) is 0.286. The number of nitrogens with one attached hydrogen (secondary N) is 1. The standard InChI is InChI=1S/C14H15BrN2O3/c1-8-9(2)14(19)17(16-13(8)18)7-10-6-11(15)4-5-12(10)20-3/h4-6H,7H2,1-3H3,(H,16,18). The Labute approximate surface area is 124 Å². The Morgan fingerprint density at radius 1 is 1.25 bits per heavy atom. The van der Waals surface area contributed by atoms with E-state index in [9.17, 15) is 9.59 Å². The van der Waals surface area contributed by atoms with Gasteiger partial charge in [-0.15, -0.1) is 0 Å². The first-order valence-corrected chi connectivity index (χ1v) is 6.86. The van der Waals surface area contributed by atoms with Crippen LogP contribution in [0.4, 0.5) is 0 Å². The molecule has 0 spiro atoms. The van der Waals surface area contributed by atoms with Crippen molar-refractivity contribution in [3.63, 3.8) is 0 Å². The molecular formula is C14H15BrN2O3. The van der Waals surface area contributed by atoms with Gasteiger partial charge in [-0.3, -0.25) is 14.7 Å². The predicted molar refractivity (Wildman–Crippen MR) is 80.6 cm³/mol. The van der Waals surface area contributed by atoms with Gasteiger partial charge in [0.05, 0.1) is 13.7 Å². The van der Waals surface area contributed by atoms with Gasteiger partial charge in [0.1, 0.15) is 5.75 Å². The van der Waals surface area contributed by atoms with Crippen LogP contribution in [0.3, 0.4) is 0 Å². The molecule has 0 aliphatic heterocycles. The maximum Gasteiger partial charge on any atom is 0.268 e. The van der Waals surface area contributed by atoms with Gasteiger partial charge in [0.15, 0.2) is 0 Å². The lowest BCUT2D eigenvalue weighted by atomic mass is 10.2. The molecule has 1 N–H and O–H groups in total. The van der Waals surface area contributed by atoms with Crippen LogP contribution >= 0.6 is 15.9 Å². The molecule has 2 aromatic rings. The van der Waals surface area contributed by atoms with Crippen molar-refractivity contribution >= 4 is 15.9 Å². The normalized spacial score (nSPS) is 10.6. The summed E-state index contributed by atoms with van der Waals surface area (Å²) < 4.78 is 7.45. The second-order valence-corrected chi connectivity index (χ2v) is 5.45. The van der Waals surface area contributed by atoms with Crippen molar-refractivity contribution in [1.29, 1.82) is 0 Å². The molecule has 2 rings (SSSR count). The maximum atomic E-state index is 12.2. The summed E-state index contributed by atoms with van der Waals surface area (Å²) in [4.78, 5) is 23.9. The fourth-order valence-corrected chi connectivity index (χ4v) is 2.35. The zero-order valence-electron chi connectivity index (χ0n) is 11.5. The van der Waals surface area contributed by atoms with Gasteiger partial charge in [-0.2, -0.15) is 0 Å². The molecule has 5 nitrogen and oxygen atoms in total. The van der Waals surface area contributed by atoms with Gasteiger partial charge in [0.2, 0.25) is 0 Å². The average Bonchev–Trinajstić information content (AvgIpc) is 2.43. The SMILES string of the molecule is COc1ccc(Br)cc1Cn1[nH]c(=O)c(C)c(C)c1=O. The third kappa shape index (κ3) is 2.70. The van der Waals surface area contributed by atoms with Crippen LogP contribution in [-0.4, -0.2) is 16.9 Å². The van der Waals surface area contributed by atoms with E-state index >= 15 is 0 Å². The number of aromatic nitrogens is 2. The summed E-state index contributed by atoms with van der Waals surface area (Å²) in [6, 6.07) is 5.52. The molecule has 0 amide bonds. The largest absolute Gasteiger partial charge is 0.496 e. The summed E-state index contributed by atoms with van der Waals surface area (Å²) in [5.41, 5.74) is 1.26. The fourth-order valence-electron chi connectivity index (χ4n) is 1.94. The minimum atomic E-state index is -0.254. The monoisotopic (exact) mass is 338 g/mol. The summed E-state index contributed by atoms with van der Waals surface area (Å²) in [5.74, 6) is 0.666. The lowest BCUT2D eigenvalue weighted by Gasteiger charge is -2.12. The summed E-state index contributed by atoms with van der Waals surface area (Å²) in [7, 11) is 1.57. The number of ether oxygens (including phenoxy) is 1. The Bertz CT molecular complexity index is 762. The van der Waals surface area contributed by atoms with E-state index in [4.69, 9.17) is 4.74 Å². The molecule has 1 aromatic heterocycles. The highest BCUT2D eigenvalue weighted by atomic mass is 79.9. The van der Waals surface area contributed by atoms with Gasteiger partial charge in [-0.05, 0) is 32.0 Å². The number of benzene rings is 1. The maximum absolute atomic E-state index is 12.2. The van der Waals surface area contributed by atoms with Crippen molar-refractivity contribution in [2.45, 2.75) is 20.4 Å². The van der Waals surface area contributed by atoms with E-state index in [0.717, 1.165) is 10.0 Å². The number of methoxy groups -OCH3 is 1. The molecule has 0 aliphatic rings. The zero-order valence-corrected chi connectivity index (χ0v) is 13.1. The highest BCUT2D eigenvalue weighted by molar-refractivity contribution is 9.10. The Balaban J connectivity index is 2.53. The molecule has 0 atom stereocenters. The van der Waals surface area contributed by atoms with Gasteiger partial charge < -0.3 is 4.74 Å². The molecule has 0 fully saturated rings. The molecule has 1 heterocycles. The van der Waals surface area contributed by atoms with Crippen LogP contribution < -0.4 is 15.9 Å². The van der Waals surface area contributed by atoms with Crippen molar-refractivity contribution in [3.05, 3.63) is 60.1 Å². The van der Waals surface area contributed by atoms with Crippen LogP contribution in [0.15, 0.2) is 32.3 Å². The summed E-state index contributed by atoms with van der Waals surface area (Å²) in [6.07, 6.45) is 0. The number of aromatic amines is 1. The van der Waals surface area contributed by atoms with Crippen LogP contribution in [-0.2, 0) is 6.54 Å². The number of nitrogens with zero attached hydrogens (tertiary/aromatic N) is 1. The molecular weight excluding hydrogens is 324 g/mol. The van der Waals surface area contributed by atoms with Crippen molar-refractivity contribution in [2.24, 2.45) is 0 Å². The van der Waals surface area contributed by atoms with E-state index in [0.29, 0.717) is 16.9 Å². The summed E-state index contributed by atoms with van der Waals surface area (Å²) >= 11 is 3.38. The third-order valence-corrected chi connectivity index (χ3v) is 3.77. The van der Waals surface area contributed by atoms with E-state index in [1.54, 1.807) is 21.0 Å². The quantitative estimate of drug-likeness (QED) is 0.930. The van der Waals surface area contributed by atoms with Crippen molar-refractivity contribution in [1.82, 2.24) is 9.78 Å². The second-order valence-electron chi connectivity index (χ2n) is 4.54. The molecule has 0 saturated heterocycles. The summed E-state index contributed by atoms with van der Waals surface area (Å²) in [5, 5.41) is 2.58. The van der Waals surface area contributed by atoms with Crippen LogP contribution in [0.25, 0.3) is 0 Å². The lowest BCUT2D eigenvalue weighted by molar-refractivity contribution is 0.406. The second kappa shape index (κ2) is 5.66. The van der Waals surface area contributed by atoms with Crippen LogP contribution in [0.2, 0.25) is 0 Å². The van der Waals surface area contributed by atoms with Gasteiger partial charge in [0, 0.05) is 21.2 Å². The zero-order chi connectivity index (χ0) is 14.9. The van der Waals surface area contributed by atoms with E-state index in [1.165, 1.54) is 4.68 Å². The van der Waals surface area contributed by atoms with Crippen molar-refractivity contribution in [2.75, 3.05) is 7.11 Å². The molecule has 0 radical (unpaired) electrons. The topological polar surface area (TPSA) is 64.1 Å². The molecule has 106 valence electrons. The highest BCUT2D eigenvalue weighted by Gasteiger charge is 2.10. The minimum absolute atomic E-state index is 0.205. The number of rotatable bonds is 3. The number of H-pyrrole nitrogens is 1. The van der Waals surface area contributed by atoms with E-state index in [1.807, 2.05) is 18.2 Å². The predicted octanol–water partition coefficient (Wildman–Crippen LogP) is 1.97. The number of hydrogen-bond donors (Lipinski definition) is 1.